The predicted molar refractivity (Wildman–Crippen MR) is 158 cm³/mol. The fraction of sp³-hybridized carbons (Fsp3) is 0.375. The number of sulfonamides is 1. The van der Waals surface area contributed by atoms with Crippen LogP contribution in [0.5, 0.6) is 0 Å². The second kappa shape index (κ2) is 13.9. The lowest BCUT2D eigenvalue weighted by atomic mass is 9.95. The molecule has 0 unspecified atom stereocenters. The van der Waals surface area contributed by atoms with Crippen LogP contribution in [0.15, 0.2) is 77.7 Å². The molecule has 7 nitrogen and oxygen atoms in total. The first-order valence-corrected chi connectivity index (χ1v) is 15.7. The van der Waals surface area contributed by atoms with E-state index in [1.165, 1.54) is 29.2 Å². The molecule has 4 rings (SSSR count). The van der Waals surface area contributed by atoms with Gasteiger partial charge < -0.3 is 10.2 Å². The lowest BCUT2D eigenvalue weighted by Gasteiger charge is -2.34. The molecule has 0 aliphatic heterocycles. The highest BCUT2D eigenvalue weighted by Crippen LogP contribution is 2.26. The fourth-order valence-electron chi connectivity index (χ4n) is 5.22. The Bertz CT molecular complexity index is 1460. The molecule has 0 bridgehead atoms. The zero-order valence-corrected chi connectivity index (χ0v) is 24.7. The SMILES string of the molecule is CC[C@H](C(=O)NC1CCCCC1)N(Cc1ccc(F)cc1)C(=O)CN(c1ccc(C)cc1)S(=O)(=O)c1ccc(F)cc1. The van der Waals surface area contributed by atoms with Crippen LogP contribution in [-0.2, 0) is 26.2 Å². The highest BCUT2D eigenvalue weighted by molar-refractivity contribution is 7.92. The summed E-state index contributed by atoms with van der Waals surface area (Å²) < 4.78 is 55.9. The zero-order chi connectivity index (χ0) is 30.3. The summed E-state index contributed by atoms with van der Waals surface area (Å²) >= 11 is 0. The molecule has 0 aromatic heterocycles. The normalized spacial score (nSPS) is 14.7. The van der Waals surface area contributed by atoms with Crippen molar-refractivity contribution in [2.24, 2.45) is 0 Å². The minimum absolute atomic E-state index is 0.0194. The Kier molecular flexibility index (Phi) is 10.3. The fourth-order valence-corrected chi connectivity index (χ4v) is 6.64. The average molecular weight is 598 g/mol. The Hall–Kier alpha value is -3.79. The summed E-state index contributed by atoms with van der Waals surface area (Å²) in [5.41, 5.74) is 1.74. The molecule has 0 saturated heterocycles. The van der Waals surface area contributed by atoms with Crippen LogP contribution in [0.4, 0.5) is 14.5 Å². The molecule has 1 N–H and O–H groups in total. The second-order valence-corrected chi connectivity index (χ2v) is 12.6. The van der Waals surface area contributed by atoms with Gasteiger partial charge in [-0.25, -0.2) is 17.2 Å². The molecule has 0 heterocycles. The molecule has 1 fully saturated rings. The molecule has 2 amide bonds. The maximum Gasteiger partial charge on any atom is 0.264 e. The summed E-state index contributed by atoms with van der Waals surface area (Å²) in [5.74, 6) is -1.93. The standard InChI is InChI=1S/C32H37F2N3O4S/c1-3-30(32(39)35-27-7-5-4-6-8-27)36(21-24-11-13-25(33)14-12-24)31(38)22-37(28-17-9-23(2)10-18-28)42(40,41)29-19-15-26(34)16-20-29/h9-20,27,30H,3-8,21-22H2,1-2H3,(H,35,39)/t30-/m1/s1. The molecule has 1 atom stereocenters. The van der Waals surface area contributed by atoms with Gasteiger partial charge in [0.15, 0.2) is 0 Å². The average Bonchev–Trinajstić information content (AvgIpc) is 2.98. The molecule has 0 radical (unpaired) electrons. The van der Waals surface area contributed by atoms with E-state index in [2.05, 4.69) is 5.32 Å². The van der Waals surface area contributed by atoms with Crippen molar-refractivity contribution in [3.8, 4) is 0 Å². The van der Waals surface area contributed by atoms with Gasteiger partial charge in [0.05, 0.1) is 10.6 Å². The number of aryl methyl sites for hydroxylation is 1. The summed E-state index contributed by atoms with van der Waals surface area (Å²) in [5, 5.41) is 3.09. The smallest absolute Gasteiger partial charge is 0.264 e. The van der Waals surface area contributed by atoms with Crippen molar-refractivity contribution < 1.29 is 26.8 Å². The number of hydrogen-bond acceptors (Lipinski definition) is 4. The highest BCUT2D eigenvalue weighted by Gasteiger charge is 2.34. The van der Waals surface area contributed by atoms with Crippen molar-refractivity contribution in [3.05, 3.63) is 95.6 Å². The van der Waals surface area contributed by atoms with Crippen LogP contribution in [0.3, 0.4) is 0 Å². The van der Waals surface area contributed by atoms with E-state index < -0.39 is 40.2 Å². The van der Waals surface area contributed by atoms with Gasteiger partial charge in [-0.05, 0) is 80.3 Å². The summed E-state index contributed by atoms with van der Waals surface area (Å²) in [6, 6.07) is 15.8. The molecule has 1 aliphatic rings. The van der Waals surface area contributed by atoms with Crippen molar-refractivity contribution in [3.63, 3.8) is 0 Å². The van der Waals surface area contributed by atoms with Crippen LogP contribution in [0.1, 0.15) is 56.6 Å². The summed E-state index contributed by atoms with van der Waals surface area (Å²) in [6.07, 6.45) is 5.19. The van der Waals surface area contributed by atoms with E-state index in [0.717, 1.165) is 66.2 Å². The van der Waals surface area contributed by atoms with Crippen molar-refractivity contribution in [1.82, 2.24) is 10.2 Å². The van der Waals surface area contributed by atoms with Gasteiger partial charge in [0.1, 0.15) is 24.2 Å². The van der Waals surface area contributed by atoms with Gasteiger partial charge in [-0.3, -0.25) is 13.9 Å². The maximum absolute atomic E-state index is 14.1. The van der Waals surface area contributed by atoms with Crippen LogP contribution >= 0.6 is 0 Å². The number of benzene rings is 3. The van der Waals surface area contributed by atoms with Gasteiger partial charge in [0, 0.05) is 12.6 Å². The third kappa shape index (κ3) is 7.73. The third-order valence-corrected chi connectivity index (χ3v) is 9.39. The summed E-state index contributed by atoms with van der Waals surface area (Å²) in [4.78, 5) is 28.8. The Morgan fingerprint density at radius 2 is 1.45 bits per heavy atom. The Morgan fingerprint density at radius 1 is 0.881 bits per heavy atom. The van der Waals surface area contributed by atoms with Crippen LogP contribution in [0.25, 0.3) is 0 Å². The first-order chi connectivity index (χ1) is 20.1. The van der Waals surface area contributed by atoms with Crippen LogP contribution in [-0.4, -0.2) is 43.8 Å². The maximum atomic E-state index is 14.1. The zero-order valence-electron chi connectivity index (χ0n) is 23.9. The molecule has 1 aliphatic carbocycles. The number of rotatable bonds is 11. The first-order valence-electron chi connectivity index (χ1n) is 14.3. The summed E-state index contributed by atoms with van der Waals surface area (Å²) in [6.45, 7) is 3.03. The van der Waals surface area contributed by atoms with E-state index in [0.29, 0.717) is 12.0 Å². The van der Waals surface area contributed by atoms with E-state index in [4.69, 9.17) is 0 Å². The van der Waals surface area contributed by atoms with Gasteiger partial charge in [0.2, 0.25) is 11.8 Å². The van der Waals surface area contributed by atoms with E-state index in [9.17, 15) is 26.8 Å². The molecule has 1 saturated carbocycles. The lowest BCUT2D eigenvalue weighted by molar-refractivity contribution is -0.140. The van der Waals surface area contributed by atoms with Crippen molar-refractivity contribution in [2.45, 2.75) is 75.9 Å². The Balaban J connectivity index is 1.69. The van der Waals surface area contributed by atoms with E-state index in [1.807, 2.05) is 6.92 Å². The van der Waals surface area contributed by atoms with Crippen LogP contribution in [0, 0.1) is 18.6 Å². The largest absolute Gasteiger partial charge is 0.352 e. The number of halogens is 2. The highest BCUT2D eigenvalue weighted by atomic mass is 32.2. The molecule has 3 aromatic rings. The van der Waals surface area contributed by atoms with Crippen molar-refractivity contribution in [2.75, 3.05) is 10.8 Å². The molecule has 224 valence electrons. The molecule has 3 aromatic carbocycles. The number of amides is 2. The molecular weight excluding hydrogens is 560 g/mol. The monoisotopic (exact) mass is 597 g/mol. The van der Waals surface area contributed by atoms with Gasteiger partial charge in [0.25, 0.3) is 10.0 Å². The molecule has 0 spiro atoms. The summed E-state index contributed by atoms with van der Waals surface area (Å²) in [7, 11) is -4.30. The number of hydrogen-bond donors (Lipinski definition) is 1. The minimum Gasteiger partial charge on any atom is -0.352 e. The topological polar surface area (TPSA) is 86.8 Å². The Morgan fingerprint density at radius 3 is 2.02 bits per heavy atom. The molecule has 42 heavy (non-hydrogen) atoms. The molecular formula is C32H37F2N3O4S. The van der Waals surface area contributed by atoms with Gasteiger partial charge >= 0.3 is 0 Å². The lowest BCUT2D eigenvalue weighted by Crippen LogP contribution is -2.54. The first kappa shape index (κ1) is 31.2. The number of nitrogens with one attached hydrogen (secondary N) is 1. The van der Waals surface area contributed by atoms with E-state index >= 15 is 0 Å². The number of carbonyl (C=O) groups excluding carboxylic acids is 2. The van der Waals surface area contributed by atoms with Crippen molar-refractivity contribution >= 4 is 27.5 Å². The number of carbonyl (C=O) groups is 2. The van der Waals surface area contributed by atoms with Crippen LogP contribution < -0.4 is 9.62 Å². The van der Waals surface area contributed by atoms with Crippen molar-refractivity contribution in [1.29, 1.82) is 0 Å². The van der Waals surface area contributed by atoms with Gasteiger partial charge in [-0.15, -0.1) is 0 Å². The quantitative estimate of drug-likeness (QED) is 0.306. The Labute approximate surface area is 246 Å². The van der Waals surface area contributed by atoms with E-state index in [-0.39, 0.29) is 29.1 Å². The molecule has 10 heteroatoms. The van der Waals surface area contributed by atoms with Gasteiger partial charge in [-0.1, -0.05) is 56.0 Å². The predicted octanol–water partition coefficient (Wildman–Crippen LogP) is 5.72. The number of anilines is 1. The third-order valence-electron chi connectivity index (χ3n) is 7.61. The second-order valence-electron chi connectivity index (χ2n) is 10.7. The minimum atomic E-state index is -4.30. The van der Waals surface area contributed by atoms with Crippen LogP contribution in [0.2, 0.25) is 0 Å². The number of nitrogens with zero attached hydrogens (tertiary/aromatic N) is 2. The van der Waals surface area contributed by atoms with Gasteiger partial charge in [-0.2, -0.15) is 0 Å². The van der Waals surface area contributed by atoms with E-state index in [1.54, 1.807) is 31.2 Å².